The number of nitrogens with one attached hydrogen (secondary N) is 2. The lowest BCUT2D eigenvalue weighted by Gasteiger charge is -2.09. The van der Waals surface area contributed by atoms with Crippen LogP contribution in [0.15, 0.2) is 24.3 Å². The Balaban J connectivity index is 2.27. The van der Waals surface area contributed by atoms with E-state index in [0.29, 0.717) is 6.61 Å². The first-order valence-corrected chi connectivity index (χ1v) is 6.41. The van der Waals surface area contributed by atoms with Gasteiger partial charge in [0, 0.05) is 31.5 Å². The van der Waals surface area contributed by atoms with Gasteiger partial charge < -0.3 is 15.4 Å². The minimum Gasteiger partial charge on any atom is -0.383 e. The topological polar surface area (TPSA) is 50.4 Å². The van der Waals surface area contributed by atoms with Gasteiger partial charge >= 0.3 is 0 Å². The van der Waals surface area contributed by atoms with Gasteiger partial charge in [-0.2, -0.15) is 0 Å². The summed E-state index contributed by atoms with van der Waals surface area (Å²) >= 11 is 0. The Kier molecular flexibility index (Phi) is 6.87. The minimum absolute atomic E-state index is 0.0601. The Morgan fingerprint density at radius 2 is 2.06 bits per heavy atom. The van der Waals surface area contributed by atoms with Crippen molar-refractivity contribution in [1.29, 1.82) is 0 Å². The lowest BCUT2D eigenvalue weighted by molar-refractivity contribution is -0.114. The second-order valence-corrected chi connectivity index (χ2v) is 4.15. The maximum atomic E-state index is 10.9. The van der Waals surface area contributed by atoms with Crippen LogP contribution in [0, 0.1) is 0 Å². The van der Waals surface area contributed by atoms with E-state index >= 15 is 0 Å². The first-order chi connectivity index (χ1) is 8.72. The Bertz CT molecular complexity index is 367. The molecule has 0 saturated carbocycles. The van der Waals surface area contributed by atoms with Crippen molar-refractivity contribution in [3.05, 3.63) is 24.3 Å². The fourth-order valence-corrected chi connectivity index (χ4v) is 1.53. The third-order valence-corrected chi connectivity index (χ3v) is 2.40. The molecule has 0 spiro atoms. The van der Waals surface area contributed by atoms with Crippen molar-refractivity contribution < 1.29 is 9.53 Å². The number of carbonyl (C=O) groups excluding carboxylic acids is 1. The summed E-state index contributed by atoms with van der Waals surface area (Å²) in [6.45, 7) is 5.94. The van der Waals surface area contributed by atoms with Gasteiger partial charge in [0.2, 0.25) is 5.91 Å². The van der Waals surface area contributed by atoms with Crippen LogP contribution in [-0.2, 0) is 9.53 Å². The highest BCUT2D eigenvalue weighted by atomic mass is 16.5. The molecule has 4 heteroatoms. The van der Waals surface area contributed by atoms with E-state index in [-0.39, 0.29) is 5.91 Å². The minimum atomic E-state index is -0.0601. The van der Waals surface area contributed by atoms with Gasteiger partial charge in [-0.25, -0.2) is 0 Å². The number of amides is 1. The average Bonchev–Trinajstić information content (AvgIpc) is 2.33. The zero-order valence-corrected chi connectivity index (χ0v) is 11.2. The van der Waals surface area contributed by atoms with E-state index < -0.39 is 0 Å². The highest BCUT2D eigenvalue weighted by Crippen LogP contribution is 2.14. The molecular weight excluding hydrogens is 228 g/mol. The van der Waals surface area contributed by atoms with E-state index in [1.807, 2.05) is 24.3 Å². The monoisotopic (exact) mass is 250 g/mol. The van der Waals surface area contributed by atoms with Crippen LogP contribution in [0.4, 0.5) is 11.4 Å². The first-order valence-electron chi connectivity index (χ1n) is 6.41. The van der Waals surface area contributed by atoms with Gasteiger partial charge in [0.1, 0.15) is 0 Å². The number of hydrogen-bond acceptors (Lipinski definition) is 3. The molecule has 0 atom stereocenters. The molecule has 100 valence electrons. The standard InChI is InChI=1S/C14H22N2O2/c1-3-4-9-18-10-8-15-13-6-5-7-14(11-13)16-12(2)17/h5-7,11,15H,3-4,8-10H2,1-2H3,(H,16,17). The van der Waals surface area contributed by atoms with Gasteiger partial charge in [-0.05, 0) is 24.6 Å². The second-order valence-electron chi connectivity index (χ2n) is 4.15. The molecular formula is C14H22N2O2. The number of benzene rings is 1. The van der Waals surface area contributed by atoms with Crippen molar-refractivity contribution in [2.75, 3.05) is 30.4 Å². The summed E-state index contributed by atoms with van der Waals surface area (Å²) in [5.41, 5.74) is 1.79. The smallest absolute Gasteiger partial charge is 0.221 e. The molecule has 0 bridgehead atoms. The lowest BCUT2D eigenvalue weighted by atomic mass is 10.2. The number of unbranched alkanes of at least 4 members (excludes halogenated alkanes) is 1. The predicted octanol–water partition coefficient (Wildman–Crippen LogP) is 2.87. The predicted molar refractivity (Wildman–Crippen MR) is 75.0 cm³/mol. The van der Waals surface area contributed by atoms with Crippen LogP contribution in [-0.4, -0.2) is 25.7 Å². The fourth-order valence-electron chi connectivity index (χ4n) is 1.53. The van der Waals surface area contributed by atoms with Crippen molar-refractivity contribution in [1.82, 2.24) is 0 Å². The SMILES string of the molecule is CCCCOCCNc1cccc(NC(C)=O)c1. The first kappa shape index (κ1) is 14.5. The molecule has 1 aromatic rings. The van der Waals surface area contributed by atoms with Crippen molar-refractivity contribution in [3.63, 3.8) is 0 Å². The highest BCUT2D eigenvalue weighted by Gasteiger charge is 1.97. The fraction of sp³-hybridized carbons (Fsp3) is 0.500. The number of carbonyl (C=O) groups is 1. The van der Waals surface area contributed by atoms with E-state index in [0.717, 1.165) is 37.4 Å². The van der Waals surface area contributed by atoms with Gasteiger partial charge in [-0.3, -0.25) is 4.79 Å². The molecule has 0 saturated heterocycles. The molecule has 4 nitrogen and oxygen atoms in total. The zero-order valence-electron chi connectivity index (χ0n) is 11.2. The Labute approximate surface area is 109 Å². The van der Waals surface area contributed by atoms with Crippen molar-refractivity contribution in [3.8, 4) is 0 Å². The lowest BCUT2D eigenvalue weighted by Crippen LogP contribution is -2.10. The molecule has 0 radical (unpaired) electrons. The average molecular weight is 250 g/mol. The molecule has 0 heterocycles. The van der Waals surface area contributed by atoms with Crippen LogP contribution in [0.3, 0.4) is 0 Å². The normalized spacial score (nSPS) is 10.1. The van der Waals surface area contributed by atoms with Gasteiger partial charge in [-0.1, -0.05) is 19.4 Å². The summed E-state index contributed by atoms with van der Waals surface area (Å²) in [6.07, 6.45) is 2.27. The van der Waals surface area contributed by atoms with Crippen molar-refractivity contribution in [2.24, 2.45) is 0 Å². The third kappa shape index (κ3) is 6.25. The quantitative estimate of drug-likeness (QED) is 0.697. The molecule has 1 rings (SSSR count). The van der Waals surface area contributed by atoms with Crippen LogP contribution >= 0.6 is 0 Å². The van der Waals surface area contributed by atoms with Crippen LogP contribution in [0.1, 0.15) is 26.7 Å². The summed E-state index contributed by atoms with van der Waals surface area (Å²) in [5, 5.41) is 6.01. The number of rotatable bonds is 8. The summed E-state index contributed by atoms with van der Waals surface area (Å²) in [4.78, 5) is 10.9. The molecule has 18 heavy (non-hydrogen) atoms. The molecule has 0 aliphatic rings. The second kappa shape index (κ2) is 8.53. The molecule has 1 aromatic carbocycles. The van der Waals surface area contributed by atoms with Gasteiger partial charge in [0.15, 0.2) is 0 Å². The number of ether oxygens (including phenoxy) is 1. The van der Waals surface area contributed by atoms with Crippen LogP contribution in [0.5, 0.6) is 0 Å². The van der Waals surface area contributed by atoms with E-state index in [4.69, 9.17) is 4.74 Å². The maximum Gasteiger partial charge on any atom is 0.221 e. The summed E-state index contributed by atoms with van der Waals surface area (Å²) in [5.74, 6) is -0.0601. The van der Waals surface area contributed by atoms with Gasteiger partial charge in [0.05, 0.1) is 6.61 Å². The number of anilines is 2. The van der Waals surface area contributed by atoms with Crippen LogP contribution in [0.25, 0.3) is 0 Å². The number of hydrogen-bond donors (Lipinski definition) is 2. The molecule has 0 unspecified atom stereocenters. The molecule has 0 aliphatic heterocycles. The molecule has 0 fully saturated rings. The van der Waals surface area contributed by atoms with E-state index in [1.54, 1.807) is 0 Å². The molecule has 0 aromatic heterocycles. The van der Waals surface area contributed by atoms with Gasteiger partial charge in [-0.15, -0.1) is 0 Å². The highest BCUT2D eigenvalue weighted by molar-refractivity contribution is 5.89. The maximum absolute atomic E-state index is 10.9. The van der Waals surface area contributed by atoms with Gasteiger partial charge in [0.25, 0.3) is 0 Å². The Morgan fingerprint density at radius 1 is 1.28 bits per heavy atom. The summed E-state index contributed by atoms with van der Waals surface area (Å²) in [7, 11) is 0. The van der Waals surface area contributed by atoms with Crippen molar-refractivity contribution in [2.45, 2.75) is 26.7 Å². The zero-order chi connectivity index (χ0) is 13.2. The third-order valence-electron chi connectivity index (χ3n) is 2.40. The van der Waals surface area contributed by atoms with E-state index in [2.05, 4.69) is 17.6 Å². The Hall–Kier alpha value is -1.55. The Morgan fingerprint density at radius 3 is 2.78 bits per heavy atom. The molecule has 0 aliphatic carbocycles. The van der Waals surface area contributed by atoms with Crippen LogP contribution < -0.4 is 10.6 Å². The summed E-state index contributed by atoms with van der Waals surface area (Å²) in [6, 6.07) is 7.65. The largest absolute Gasteiger partial charge is 0.383 e. The molecule has 2 N–H and O–H groups in total. The van der Waals surface area contributed by atoms with E-state index in [9.17, 15) is 4.79 Å². The summed E-state index contributed by atoms with van der Waals surface area (Å²) < 4.78 is 5.46. The van der Waals surface area contributed by atoms with Crippen molar-refractivity contribution >= 4 is 17.3 Å². The molecule has 1 amide bonds. The van der Waals surface area contributed by atoms with E-state index in [1.165, 1.54) is 6.92 Å². The van der Waals surface area contributed by atoms with Crippen LogP contribution in [0.2, 0.25) is 0 Å².